The van der Waals surface area contributed by atoms with Crippen molar-refractivity contribution < 1.29 is 9.90 Å². The maximum atomic E-state index is 12.5. The number of likely N-dealkylation sites (tertiary alicyclic amines) is 1. The van der Waals surface area contributed by atoms with E-state index in [9.17, 15) is 9.90 Å². The van der Waals surface area contributed by atoms with Gasteiger partial charge in [-0.1, -0.05) is 67.1 Å². The number of ketones is 1. The molecule has 1 aliphatic heterocycles. The summed E-state index contributed by atoms with van der Waals surface area (Å²) < 4.78 is 0. The van der Waals surface area contributed by atoms with Crippen molar-refractivity contribution in [3.63, 3.8) is 0 Å². The van der Waals surface area contributed by atoms with Crippen molar-refractivity contribution in [2.75, 3.05) is 7.05 Å². The van der Waals surface area contributed by atoms with Gasteiger partial charge in [0.2, 0.25) is 0 Å². The van der Waals surface area contributed by atoms with Gasteiger partial charge in [-0.25, -0.2) is 0 Å². The van der Waals surface area contributed by atoms with Crippen LogP contribution in [0.2, 0.25) is 0 Å². The topological polar surface area (TPSA) is 40.5 Å². The van der Waals surface area contributed by atoms with Crippen LogP contribution < -0.4 is 0 Å². The fourth-order valence-electron chi connectivity index (χ4n) is 3.85. The van der Waals surface area contributed by atoms with Gasteiger partial charge >= 0.3 is 0 Å². The lowest BCUT2D eigenvalue weighted by atomic mass is 9.88. The number of hydrogen-bond donors (Lipinski definition) is 1. The molecule has 4 heteroatoms. The zero-order valence-corrected chi connectivity index (χ0v) is 16.1. The first-order valence-electron chi connectivity index (χ1n) is 9.18. The Kier molecular flexibility index (Phi) is 7.83. The lowest BCUT2D eigenvalue weighted by Crippen LogP contribution is -2.45. The molecule has 1 N–H and O–H groups in total. The molecule has 0 amide bonds. The molecule has 1 saturated heterocycles. The molecule has 3 nitrogen and oxygen atoms in total. The van der Waals surface area contributed by atoms with Crippen molar-refractivity contribution in [2.24, 2.45) is 0 Å². The van der Waals surface area contributed by atoms with Crippen LogP contribution in [-0.2, 0) is 0 Å². The van der Waals surface area contributed by atoms with Crippen molar-refractivity contribution in [1.29, 1.82) is 0 Å². The zero-order valence-electron chi connectivity index (χ0n) is 15.3. The molecule has 3 atom stereocenters. The highest BCUT2D eigenvalue weighted by Gasteiger charge is 2.30. The minimum absolute atomic E-state index is 0. The SMILES string of the molecule is CN1[C@@H](C[C@@H](O)c2ccccc2)CCC[C@H]1CC(=O)c1ccccc1.Cl. The molecule has 140 valence electrons. The normalized spacial score (nSPS) is 21.6. The quantitative estimate of drug-likeness (QED) is 0.749. The van der Waals surface area contributed by atoms with Gasteiger partial charge in [0.05, 0.1) is 6.10 Å². The van der Waals surface area contributed by atoms with Crippen molar-refractivity contribution in [3.05, 3.63) is 71.8 Å². The van der Waals surface area contributed by atoms with E-state index in [2.05, 4.69) is 11.9 Å². The summed E-state index contributed by atoms with van der Waals surface area (Å²) >= 11 is 0. The molecule has 2 aromatic carbocycles. The molecule has 0 radical (unpaired) electrons. The van der Waals surface area contributed by atoms with E-state index in [1.54, 1.807) is 0 Å². The molecule has 0 spiro atoms. The van der Waals surface area contributed by atoms with Crippen LogP contribution >= 0.6 is 12.4 Å². The maximum absolute atomic E-state index is 12.5. The van der Waals surface area contributed by atoms with Crippen LogP contribution in [0.25, 0.3) is 0 Å². The molecular formula is C22H28ClNO2. The average Bonchev–Trinajstić information content (AvgIpc) is 2.66. The molecule has 1 aliphatic rings. The summed E-state index contributed by atoms with van der Waals surface area (Å²) in [6, 6.07) is 20.0. The number of Topliss-reactive ketones (excluding diaryl/α,β-unsaturated/α-hetero) is 1. The number of halogens is 1. The first-order valence-corrected chi connectivity index (χ1v) is 9.18. The van der Waals surface area contributed by atoms with Gasteiger partial charge in [0.25, 0.3) is 0 Å². The minimum Gasteiger partial charge on any atom is -0.388 e. The number of benzene rings is 2. The summed E-state index contributed by atoms with van der Waals surface area (Å²) in [5, 5.41) is 10.5. The van der Waals surface area contributed by atoms with Crippen LogP contribution in [0, 0.1) is 0 Å². The van der Waals surface area contributed by atoms with E-state index < -0.39 is 6.10 Å². The lowest BCUT2D eigenvalue weighted by Gasteiger charge is -2.40. The Morgan fingerprint density at radius 2 is 1.62 bits per heavy atom. The van der Waals surface area contributed by atoms with Crippen molar-refractivity contribution >= 4 is 18.2 Å². The van der Waals surface area contributed by atoms with Gasteiger partial charge in [0.15, 0.2) is 5.78 Å². The van der Waals surface area contributed by atoms with Gasteiger partial charge in [-0.05, 0) is 31.9 Å². The van der Waals surface area contributed by atoms with Crippen LogP contribution in [0.1, 0.15) is 54.1 Å². The van der Waals surface area contributed by atoms with E-state index in [1.807, 2.05) is 60.7 Å². The van der Waals surface area contributed by atoms with Gasteiger partial charge in [-0.3, -0.25) is 9.69 Å². The van der Waals surface area contributed by atoms with Crippen molar-refractivity contribution in [1.82, 2.24) is 4.90 Å². The van der Waals surface area contributed by atoms with Crippen LogP contribution in [0.4, 0.5) is 0 Å². The second-order valence-corrected chi connectivity index (χ2v) is 7.06. The van der Waals surface area contributed by atoms with Crippen LogP contribution in [0.5, 0.6) is 0 Å². The van der Waals surface area contributed by atoms with Crippen LogP contribution in [0.15, 0.2) is 60.7 Å². The molecule has 26 heavy (non-hydrogen) atoms. The highest BCUT2D eigenvalue weighted by molar-refractivity contribution is 5.96. The van der Waals surface area contributed by atoms with E-state index in [0.29, 0.717) is 12.5 Å². The number of rotatable bonds is 6. The van der Waals surface area contributed by atoms with Gasteiger partial charge in [-0.15, -0.1) is 12.4 Å². The number of nitrogens with zero attached hydrogens (tertiary/aromatic N) is 1. The molecular weight excluding hydrogens is 346 g/mol. The number of carbonyl (C=O) groups is 1. The van der Waals surface area contributed by atoms with Crippen molar-refractivity contribution in [2.45, 2.75) is 50.3 Å². The summed E-state index contributed by atoms with van der Waals surface area (Å²) in [7, 11) is 2.10. The third-order valence-corrected chi connectivity index (χ3v) is 5.42. The molecule has 0 unspecified atom stereocenters. The van der Waals surface area contributed by atoms with E-state index in [4.69, 9.17) is 0 Å². The molecule has 0 saturated carbocycles. The third kappa shape index (κ3) is 5.16. The largest absolute Gasteiger partial charge is 0.388 e. The van der Waals surface area contributed by atoms with E-state index in [0.717, 1.165) is 36.8 Å². The number of piperidine rings is 1. The summed E-state index contributed by atoms with van der Waals surface area (Å²) in [5.41, 5.74) is 1.76. The highest BCUT2D eigenvalue weighted by atomic mass is 35.5. The smallest absolute Gasteiger partial charge is 0.164 e. The average molecular weight is 374 g/mol. The Hall–Kier alpha value is -1.68. The lowest BCUT2D eigenvalue weighted by molar-refractivity contribution is 0.0549. The van der Waals surface area contributed by atoms with Gasteiger partial charge < -0.3 is 5.11 Å². The monoisotopic (exact) mass is 373 g/mol. The van der Waals surface area contributed by atoms with E-state index in [1.165, 1.54) is 0 Å². The summed E-state index contributed by atoms with van der Waals surface area (Å²) in [6.45, 7) is 0. The predicted octanol–water partition coefficient (Wildman–Crippen LogP) is 4.66. The first kappa shape index (κ1) is 20.6. The van der Waals surface area contributed by atoms with Crippen molar-refractivity contribution in [3.8, 4) is 0 Å². The predicted molar refractivity (Wildman–Crippen MR) is 108 cm³/mol. The Morgan fingerprint density at radius 1 is 1.04 bits per heavy atom. The standard InChI is InChI=1S/C22H27NO2.ClH/c1-23-19(15-21(24)17-9-4-2-5-10-17)13-8-14-20(23)16-22(25)18-11-6-3-7-12-18;/h2-7,9-12,19-21,24H,8,13-16H2,1H3;1H/t19-,20+,21-;/m1./s1. The van der Waals surface area contributed by atoms with E-state index >= 15 is 0 Å². The molecule has 0 aromatic heterocycles. The molecule has 2 aromatic rings. The van der Waals surface area contributed by atoms with Gasteiger partial charge in [-0.2, -0.15) is 0 Å². The Labute approximate surface area is 162 Å². The number of aliphatic hydroxyl groups excluding tert-OH is 1. The fraction of sp³-hybridized carbons (Fsp3) is 0.409. The molecule has 0 aliphatic carbocycles. The molecule has 1 heterocycles. The minimum atomic E-state index is -0.447. The Morgan fingerprint density at radius 3 is 2.27 bits per heavy atom. The molecule has 3 rings (SSSR count). The Balaban J connectivity index is 0.00000243. The summed E-state index contributed by atoms with van der Waals surface area (Å²) in [6.07, 6.45) is 4.07. The Bertz CT molecular complexity index is 677. The first-order chi connectivity index (χ1) is 12.1. The highest BCUT2D eigenvalue weighted by Crippen LogP contribution is 2.30. The number of carbonyl (C=O) groups excluding carboxylic acids is 1. The fourth-order valence-corrected chi connectivity index (χ4v) is 3.85. The second kappa shape index (κ2) is 9.86. The second-order valence-electron chi connectivity index (χ2n) is 7.06. The van der Waals surface area contributed by atoms with Crippen LogP contribution in [0.3, 0.4) is 0 Å². The molecule has 1 fully saturated rings. The van der Waals surface area contributed by atoms with Gasteiger partial charge in [0, 0.05) is 24.1 Å². The number of hydrogen-bond acceptors (Lipinski definition) is 3. The zero-order chi connectivity index (χ0) is 17.6. The maximum Gasteiger partial charge on any atom is 0.164 e. The summed E-state index contributed by atoms with van der Waals surface area (Å²) in [5.74, 6) is 0.210. The summed E-state index contributed by atoms with van der Waals surface area (Å²) in [4.78, 5) is 14.8. The molecule has 0 bridgehead atoms. The van der Waals surface area contributed by atoms with Crippen LogP contribution in [-0.4, -0.2) is 34.9 Å². The van der Waals surface area contributed by atoms with Gasteiger partial charge in [0.1, 0.15) is 0 Å². The van der Waals surface area contributed by atoms with E-state index in [-0.39, 0.29) is 24.2 Å². The third-order valence-electron chi connectivity index (χ3n) is 5.42. The number of aliphatic hydroxyl groups is 1.